The van der Waals surface area contributed by atoms with Gasteiger partial charge in [0.15, 0.2) is 11.6 Å². The molecule has 142 valence electrons. The summed E-state index contributed by atoms with van der Waals surface area (Å²) in [5.41, 5.74) is 2.01. The molecule has 6 nitrogen and oxygen atoms in total. The number of aromatic nitrogens is 6. The van der Waals surface area contributed by atoms with Crippen molar-refractivity contribution in [1.29, 1.82) is 0 Å². The van der Waals surface area contributed by atoms with Gasteiger partial charge in [0, 0.05) is 36.2 Å². The van der Waals surface area contributed by atoms with Crippen molar-refractivity contribution in [2.24, 2.45) is 0 Å². The van der Waals surface area contributed by atoms with E-state index in [0.29, 0.717) is 0 Å². The van der Waals surface area contributed by atoms with Gasteiger partial charge in [0.1, 0.15) is 0 Å². The molecule has 0 unspecified atom stereocenters. The Bertz CT molecular complexity index is 838. The monoisotopic (exact) mass is 580 g/mol. The molecule has 4 heterocycles. The van der Waals surface area contributed by atoms with Crippen molar-refractivity contribution in [2.45, 2.75) is 13.8 Å². The second-order valence-corrected chi connectivity index (χ2v) is 8.90. The zero-order valence-corrected chi connectivity index (χ0v) is 18.8. The fraction of sp³-hybridized carbons (Fsp3) is 0.111. The molecule has 0 saturated carbocycles. The van der Waals surface area contributed by atoms with E-state index in [9.17, 15) is 0 Å². The van der Waals surface area contributed by atoms with E-state index in [0.717, 1.165) is 23.0 Å². The van der Waals surface area contributed by atoms with Gasteiger partial charge in [0.2, 0.25) is 0 Å². The SMILES string of the molecule is Cc1cccc(-n2cccn2)n1.Cc1cccc(-n2cccn2)n1.[Cl][Os][Cl]. The summed E-state index contributed by atoms with van der Waals surface area (Å²) in [4.78, 5) is 8.63. The Balaban J connectivity index is 0.000000170. The summed E-state index contributed by atoms with van der Waals surface area (Å²) in [5.74, 6) is 1.72. The third kappa shape index (κ3) is 7.22. The van der Waals surface area contributed by atoms with Crippen molar-refractivity contribution in [3.63, 3.8) is 0 Å². The normalized spacial score (nSPS) is 9.78. The van der Waals surface area contributed by atoms with Crippen molar-refractivity contribution >= 4 is 19.3 Å². The van der Waals surface area contributed by atoms with Crippen LogP contribution in [-0.2, 0) is 15.4 Å². The Morgan fingerprint density at radius 1 is 0.704 bits per heavy atom. The van der Waals surface area contributed by atoms with Crippen molar-refractivity contribution in [3.8, 4) is 11.6 Å². The maximum atomic E-state index is 4.90. The van der Waals surface area contributed by atoms with Crippen LogP contribution in [0, 0.1) is 13.8 Å². The molecule has 27 heavy (non-hydrogen) atoms. The molecule has 0 aliphatic rings. The third-order valence-electron chi connectivity index (χ3n) is 3.23. The molecule has 0 N–H and O–H groups in total. The summed E-state index contributed by atoms with van der Waals surface area (Å²) < 4.78 is 3.49. The van der Waals surface area contributed by atoms with Gasteiger partial charge in [-0.05, 0) is 50.2 Å². The Hall–Kier alpha value is -2.06. The van der Waals surface area contributed by atoms with Crippen LogP contribution in [0.3, 0.4) is 0 Å². The van der Waals surface area contributed by atoms with Crippen LogP contribution in [0.4, 0.5) is 0 Å². The molecule has 0 atom stereocenters. The molecule has 4 aromatic rings. The van der Waals surface area contributed by atoms with Gasteiger partial charge in [-0.3, -0.25) is 0 Å². The summed E-state index contributed by atoms with van der Waals surface area (Å²) in [7, 11) is 9.81. The Labute approximate surface area is 174 Å². The standard InChI is InChI=1S/2C9H9N3.2ClH.Os/c2*1-8-4-2-5-9(11-8)12-7-3-6-10-12;;;/h2*2-7H,1H3;2*1H;/q;;;;+2/p-2. The Kier molecular flexibility index (Phi) is 9.13. The summed E-state index contributed by atoms with van der Waals surface area (Å²) in [5, 5.41) is 8.16. The second-order valence-electron chi connectivity index (χ2n) is 5.23. The molecule has 0 bridgehead atoms. The Morgan fingerprint density at radius 2 is 1.11 bits per heavy atom. The van der Waals surface area contributed by atoms with Crippen molar-refractivity contribution in [2.75, 3.05) is 0 Å². The molecule has 9 heteroatoms. The molecule has 0 aliphatic heterocycles. The van der Waals surface area contributed by atoms with Gasteiger partial charge in [-0.25, -0.2) is 19.3 Å². The van der Waals surface area contributed by atoms with Crippen LogP contribution < -0.4 is 0 Å². The minimum atomic E-state index is -0.639. The molecule has 0 amide bonds. The molecule has 0 fully saturated rings. The van der Waals surface area contributed by atoms with Gasteiger partial charge in [-0.1, -0.05) is 12.1 Å². The molecule has 4 aromatic heterocycles. The third-order valence-corrected chi connectivity index (χ3v) is 3.23. The second kappa shape index (κ2) is 11.6. The van der Waals surface area contributed by atoms with E-state index in [1.165, 1.54) is 0 Å². The van der Waals surface area contributed by atoms with Crippen LogP contribution in [-0.4, -0.2) is 29.5 Å². The minimum absolute atomic E-state index is 0.639. The van der Waals surface area contributed by atoms with Gasteiger partial charge >= 0.3 is 34.7 Å². The predicted molar refractivity (Wildman–Crippen MR) is 104 cm³/mol. The Morgan fingerprint density at radius 3 is 1.41 bits per heavy atom. The molecule has 0 aliphatic carbocycles. The van der Waals surface area contributed by atoms with Crippen LogP contribution in [0.15, 0.2) is 73.3 Å². The summed E-state index contributed by atoms with van der Waals surface area (Å²) >= 11 is -0.639. The average molecular weight is 580 g/mol. The van der Waals surface area contributed by atoms with Crippen LogP contribution in [0.25, 0.3) is 11.6 Å². The number of hydrogen-bond donors (Lipinski definition) is 0. The van der Waals surface area contributed by atoms with Gasteiger partial charge < -0.3 is 0 Å². The summed E-state index contributed by atoms with van der Waals surface area (Å²) in [6.07, 6.45) is 7.23. The number of hydrogen-bond acceptors (Lipinski definition) is 4. The molecular weight excluding hydrogens is 561 g/mol. The van der Waals surface area contributed by atoms with E-state index in [1.54, 1.807) is 21.8 Å². The first kappa shape index (κ1) is 21.2. The molecule has 0 spiro atoms. The van der Waals surface area contributed by atoms with Crippen LogP contribution in [0.1, 0.15) is 11.4 Å². The van der Waals surface area contributed by atoms with E-state index >= 15 is 0 Å². The molecule has 0 aromatic carbocycles. The topological polar surface area (TPSA) is 61.4 Å². The van der Waals surface area contributed by atoms with Crippen LogP contribution in [0.2, 0.25) is 0 Å². The first-order valence-corrected chi connectivity index (χ1v) is 14.2. The number of rotatable bonds is 2. The van der Waals surface area contributed by atoms with Gasteiger partial charge in [-0.2, -0.15) is 10.2 Å². The molecule has 0 radical (unpaired) electrons. The van der Waals surface area contributed by atoms with E-state index in [4.69, 9.17) is 19.3 Å². The van der Waals surface area contributed by atoms with Crippen molar-refractivity contribution in [3.05, 3.63) is 84.7 Å². The van der Waals surface area contributed by atoms with Crippen molar-refractivity contribution in [1.82, 2.24) is 29.5 Å². The van der Waals surface area contributed by atoms with Gasteiger partial charge in [0.25, 0.3) is 0 Å². The van der Waals surface area contributed by atoms with Gasteiger partial charge in [0.05, 0.1) is 0 Å². The predicted octanol–water partition coefficient (Wildman–Crippen LogP) is 4.53. The first-order valence-electron chi connectivity index (χ1n) is 7.86. The zero-order chi connectivity index (χ0) is 19.5. The maximum absolute atomic E-state index is 4.90. The van der Waals surface area contributed by atoms with Crippen molar-refractivity contribution < 1.29 is 15.4 Å². The number of halogens is 2. The van der Waals surface area contributed by atoms with E-state index < -0.39 is 15.4 Å². The average Bonchev–Trinajstić information content (AvgIpc) is 3.37. The van der Waals surface area contributed by atoms with E-state index in [2.05, 4.69) is 20.2 Å². The number of pyridine rings is 2. The van der Waals surface area contributed by atoms with Crippen LogP contribution in [0.5, 0.6) is 0 Å². The zero-order valence-electron chi connectivity index (χ0n) is 14.7. The quantitative estimate of drug-likeness (QED) is 0.350. The van der Waals surface area contributed by atoms with Crippen LogP contribution >= 0.6 is 19.3 Å². The fourth-order valence-corrected chi connectivity index (χ4v) is 2.12. The van der Waals surface area contributed by atoms with E-state index in [-0.39, 0.29) is 0 Å². The molecular formula is C18H18Cl2N6Os. The summed E-state index contributed by atoms with van der Waals surface area (Å²) in [6.45, 7) is 3.93. The number of aryl methyl sites for hydroxylation is 2. The molecule has 0 saturated heterocycles. The first-order chi connectivity index (χ1) is 13.1. The molecule has 4 rings (SSSR count). The summed E-state index contributed by atoms with van der Waals surface area (Å²) in [6, 6.07) is 15.5. The number of nitrogens with zero attached hydrogens (tertiary/aromatic N) is 6. The van der Waals surface area contributed by atoms with E-state index in [1.807, 2.05) is 74.8 Å². The fourth-order valence-electron chi connectivity index (χ4n) is 2.12. The van der Waals surface area contributed by atoms with Gasteiger partial charge in [-0.15, -0.1) is 0 Å².